The molecule has 6 nitrogen and oxygen atoms in total. The maximum atomic E-state index is 12.3. The van der Waals surface area contributed by atoms with Gasteiger partial charge in [0.2, 0.25) is 11.8 Å². The number of aromatic nitrogens is 2. The molecule has 1 amide bonds. The zero-order valence-electron chi connectivity index (χ0n) is 13.6. The van der Waals surface area contributed by atoms with Crippen LogP contribution in [0.3, 0.4) is 0 Å². The van der Waals surface area contributed by atoms with E-state index in [4.69, 9.17) is 4.52 Å². The molecule has 6 heteroatoms. The van der Waals surface area contributed by atoms with Crippen LogP contribution in [0.25, 0.3) is 0 Å². The molecule has 122 valence electrons. The Bertz CT molecular complexity index is 656. The Morgan fingerprint density at radius 2 is 2.13 bits per heavy atom. The van der Waals surface area contributed by atoms with Crippen molar-refractivity contribution in [2.75, 3.05) is 24.5 Å². The molecule has 1 saturated heterocycles. The van der Waals surface area contributed by atoms with E-state index in [9.17, 15) is 4.79 Å². The first kappa shape index (κ1) is 15.7. The monoisotopic (exact) mass is 314 g/mol. The molecule has 1 atom stereocenters. The van der Waals surface area contributed by atoms with Crippen LogP contribution in [-0.4, -0.2) is 40.6 Å². The highest BCUT2D eigenvalue weighted by molar-refractivity contribution is 5.95. The van der Waals surface area contributed by atoms with Gasteiger partial charge in [-0.25, -0.2) is 0 Å². The minimum absolute atomic E-state index is 0.202. The third kappa shape index (κ3) is 3.76. The van der Waals surface area contributed by atoms with Crippen LogP contribution in [0, 0.1) is 12.8 Å². The molecule has 0 N–H and O–H groups in total. The molecule has 1 aliphatic heterocycles. The van der Waals surface area contributed by atoms with E-state index >= 15 is 0 Å². The summed E-state index contributed by atoms with van der Waals surface area (Å²) in [6.45, 7) is 7.08. The highest BCUT2D eigenvalue weighted by atomic mass is 16.5. The summed E-state index contributed by atoms with van der Waals surface area (Å²) < 4.78 is 5.02. The molecule has 0 saturated carbocycles. The molecule has 0 unspecified atom stereocenters. The third-order valence-electron chi connectivity index (χ3n) is 4.17. The number of anilines is 1. The lowest BCUT2D eigenvalue weighted by Gasteiger charge is -2.22. The lowest BCUT2D eigenvalue weighted by molar-refractivity contribution is -0.117. The molecule has 0 bridgehead atoms. The van der Waals surface area contributed by atoms with E-state index in [1.165, 1.54) is 0 Å². The molecule has 2 heterocycles. The first-order valence-corrected chi connectivity index (χ1v) is 8.02. The highest BCUT2D eigenvalue weighted by Gasteiger charge is 2.31. The van der Waals surface area contributed by atoms with Crippen molar-refractivity contribution < 1.29 is 9.32 Å². The zero-order valence-corrected chi connectivity index (χ0v) is 13.6. The first-order valence-electron chi connectivity index (χ1n) is 8.02. The molecule has 2 aromatic rings. The number of carbonyl (C=O) groups excluding carboxylic acids is 1. The van der Waals surface area contributed by atoms with Gasteiger partial charge in [0.25, 0.3) is 0 Å². The molecule has 1 aromatic carbocycles. The standard InChI is InChI=1S/C17H22N4O2/c1-3-20(12-16-18-13(2)23-19-16)10-14-9-17(22)21(11-14)15-7-5-4-6-8-15/h4-8,14H,3,9-12H2,1-2H3/t14-/m1/s1. The van der Waals surface area contributed by atoms with Crippen molar-refractivity contribution in [1.82, 2.24) is 15.0 Å². The van der Waals surface area contributed by atoms with Crippen LogP contribution in [0.4, 0.5) is 5.69 Å². The van der Waals surface area contributed by atoms with Crippen molar-refractivity contribution >= 4 is 11.6 Å². The summed E-state index contributed by atoms with van der Waals surface area (Å²) in [4.78, 5) is 20.7. The minimum atomic E-state index is 0.202. The van der Waals surface area contributed by atoms with Gasteiger partial charge in [0, 0.05) is 32.1 Å². The van der Waals surface area contributed by atoms with Crippen molar-refractivity contribution in [3.63, 3.8) is 0 Å². The van der Waals surface area contributed by atoms with Crippen LogP contribution in [0.1, 0.15) is 25.1 Å². The summed E-state index contributed by atoms with van der Waals surface area (Å²) in [6, 6.07) is 9.87. The number of benzene rings is 1. The van der Waals surface area contributed by atoms with Crippen molar-refractivity contribution in [2.24, 2.45) is 5.92 Å². The van der Waals surface area contributed by atoms with E-state index < -0.39 is 0 Å². The third-order valence-corrected chi connectivity index (χ3v) is 4.17. The van der Waals surface area contributed by atoms with Crippen molar-refractivity contribution in [2.45, 2.75) is 26.8 Å². The van der Waals surface area contributed by atoms with E-state index in [0.29, 0.717) is 30.6 Å². The fraction of sp³-hybridized carbons (Fsp3) is 0.471. The quantitative estimate of drug-likeness (QED) is 0.818. The second-order valence-corrected chi connectivity index (χ2v) is 5.97. The van der Waals surface area contributed by atoms with Crippen LogP contribution in [0.15, 0.2) is 34.9 Å². The number of aryl methyl sites for hydroxylation is 1. The van der Waals surface area contributed by atoms with Gasteiger partial charge in [-0.1, -0.05) is 30.3 Å². The van der Waals surface area contributed by atoms with Crippen molar-refractivity contribution in [3.05, 3.63) is 42.0 Å². The molecule has 23 heavy (non-hydrogen) atoms. The Morgan fingerprint density at radius 3 is 2.78 bits per heavy atom. The Morgan fingerprint density at radius 1 is 1.35 bits per heavy atom. The second-order valence-electron chi connectivity index (χ2n) is 5.97. The molecule has 0 spiro atoms. The average molecular weight is 314 g/mol. The van der Waals surface area contributed by atoms with Crippen LogP contribution in [0.5, 0.6) is 0 Å². The van der Waals surface area contributed by atoms with Crippen molar-refractivity contribution in [1.29, 1.82) is 0 Å². The largest absolute Gasteiger partial charge is 0.340 e. The molecule has 3 rings (SSSR count). The van der Waals surface area contributed by atoms with E-state index in [-0.39, 0.29) is 5.91 Å². The topological polar surface area (TPSA) is 62.5 Å². The zero-order chi connectivity index (χ0) is 16.2. The number of hydrogen-bond acceptors (Lipinski definition) is 5. The second kappa shape index (κ2) is 6.91. The van der Waals surface area contributed by atoms with Crippen LogP contribution in [-0.2, 0) is 11.3 Å². The number of hydrogen-bond donors (Lipinski definition) is 0. The summed E-state index contributed by atoms with van der Waals surface area (Å²) in [6.07, 6.45) is 0.594. The number of amides is 1. The number of carbonyl (C=O) groups is 1. The lowest BCUT2D eigenvalue weighted by Crippen LogP contribution is -2.31. The first-order chi connectivity index (χ1) is 11.2. The van der Waals surface area contributed by atoms with Gasteiger partial charge in [-0.2, -0.15) is 4.98 Å². The number of para-hydroxylation sites is 1. The van der Waals surface area contributed by atoms with Gasteiger partial charge in [-0.3, -0.25) is 9.69 Å². The van der Waals surface area contributed by atoms with Crippen LogP contribution < -0.4 is 4.90 Å². The predicted octanol–water partition coefficient (Wildman–Crippen LogP) is 2.25. The van der Waals surface area contributed by atoms with Gasteiger partial charge >= 0.3 is 0 Å². The predicted molar refractivity (Wildman–Crippen MR) is 86.9 cm³/mol. The fourth-order valence-electron chi connectivity index (χ4n) is 3.04. The van der Waals surface area contributed by atoms with Gasteiger partial charge < -0.3 is 9.42 Å². The van der Waals surface area contributed by atoms with Gasteiger partial charge in [0.15, 0.2) is 5.82 Å². The smallest absolute Gasteiger partial charge is 0.227 e. The lowest BCUT2D eigenvalue weighted by atomic mass is 10.1. The molecule has 0 aliphatic carbocycles. The maximum absolute atomic E-state index is 12.3. The van der Waals surface area contributed by atoms with Gasteiger partial charge in [-0.05, 0) is 24.6 Å². The summed E-state index contributed by atoms with van der Waals surface area (Å²) in [5, 5.41) is 3.95. The molecule has 0 radical (unpaired) electrons. The minimum Gasteiger partial charge on any atom is -0.340 e. The van der Waals surface area contributed by atoms with Gasteiger partial charge in [0.05, 0.1) is 6.54 Å². The Hall–Kier alpha value is -2.21. The molecular formula is C17H22N4O2. The summed E-state index contributed by atoms with van der Waals surface area (Å²) in [5.74, 6) is 1.82. The number of rotatable bonds is 6. The Kier molecular flexibility index (Phi) is 4.71. The number of nitrogens with zero attached hydrogens (tertiary/aromatic N) is 4. The van der Waals surface area contributed by atoms with E-state index in [1.807, 2.05) is 35.2 Å². The summed E-state index contributed by atoms with van der Waals surface area (Å²) >= 11 is 0. The molecule has 1 aromatic heterocycles. The Balaban J connectivity index is 1.60. The van der Waals surface area contributed by atoms with Crippen LogP contribution in [0.2, 0.25) is 0 Å². The normalized spacial score (nSPS) is 18.1. The van der Waals surface area contributed by atoms with Crippen molar-refractivity contribution in [3.8, 4) is 0 Å². The van der Waals surface area contributed by atoms with Crippen LogP contribution >= 0.6 is 0 Å². The van der Waals surface area contributed by atoms with Gasteiger partial charge in [0.1, 0.15) is 0 Å². The SMILES string of the molecule is CCN(Cc1noc(C)n1)C[C@H]1CC(=O)N(c2ccccc2)C1. The molecule has 1 fully saturated rings. The summed E-state index contributed by atoms with van der Waals surface area (Å²) in [7, 11) is 0. The van der Waals surface area contributed by atoms with E-state index in [2.05, 4.69) is 22.0 Å². The highest BCUT2D eigenvalue weighted by Crippen LogP contribution is 2.25. The van der Waals surface area contributed by atoms with E-state index in [1.54, 1.807) is 6.92 Å². The van der Waals surface area contributed by atoms with Gasteiger partial charge in [-0.15, -0.1) is 0 Å². The molecular weight excluding hydrogens is 292 g/mol. The maximum Gasteiger partial charge on any atom is 0.227 e. The summed E-state index contributed by atoms with van der Waals surface area (Å²) in [5.41, 5.74) is 0.983. The fourth-order valence-corrected chi connectivity index (χ4v) is 3.04. The Labute approximate surface area is 136 Å². The average Bonchev–Trinajstić information content (AvgIpc) is 3.13. The molecule has 1 aliphatic rings. The van der Waals surface area contributed by atoms with E-state index in [0.717, 1.165) is 25.3 Å².